The molecule has 11 rings (SSSR count). The van der Waals surface area contributed by atoms with Crippen molar-refractivity contribution in [3.8, 4) is 32.8 Å². The summed E-state index contributed by atoms with van der Waals surface area (Å²) in [5, 5.41) is 6.19. The van der Waals surface area contributed by atoms with Crippen molar-refractivity contribution in [3.63, 3.8) is 0 Å². The van der Waals surface area contributed by atoms with Gasteiger partial charge in [0.25, 0.3) is 0 Å². The van der Waals surface area contributed by atoms with Gasteiger partial charge in [0.1, 0.15) is 5.01 Å². The van der Waals surface area contributed by atoms with E-state index in [-0.39, 0.29) is 0 Å². The fraction of sp³-hybridized carbons (Fsp3) is 0. The second kappa shape index (κ2) is 12.8. The van der Waals surface area contributed by atoms with E-state index in [0.717, 1.165) is 33.1 Å². The lowest BCUT2D eigenvalue weighted by Gasteiger charge is -2.28. The SMILES string of the molecule is c1ccc(-c2nc3c(ccc4sc5cc(N(c6ccc(-c7cccc8c7sc7ccccc78)cc6)c6ccccc6-c6ccccc6)ccc5c43)s2)cc1. The van der Waals surface area contributed by atoms with Crippen molar-refractivity contribution < 1.29 is 0 Å². The Labute approximate surface area is 324 Å². The average molecular weight is 743 g/mol. The zero-order chi connectivity index (χ0) is 35.6. The highest BCUT2D eigenvalue weighted by Crippen LogP contribution is 2.47. The second-order valence-electron chi connectivity index (χ2n) is 13.5. The van der Waals surface area contributed by atoms with Crippen molar-refractivity contribution in [2.75, 3.05) is 4.90 Å². The summed E-state index contributed by atoms with van der Waals surface area (Å²) in [7, 11) is 0. The third-order valence-electron chi connectivity index (χ3n) is 10.3. The maximum absolute atomic E-state index is 5.21. The standard InChI is InChI=1S/C49H30N2S3/c1-3-12-31(13-4-1)36-16-7-9-20-41(36)51(34-24-22-32(23-25-34)37-18-11-19-39-38-17-8-10-21-42(38)53-48(37)39)35-26-27-40-45(30-35)52-43-28-29-44-47(46(40)43)50-49(54-44)33-14-5-2-6-15-33/h1-30H. The second-order valence-corrected chi connectivity index (χ2v) is 16.7. The summed E-state index contributed by atoms with van der Waals surface area (Å²) in [6.45, 7) is 0. The summed E-state index contributed by atoms with van der Waals surface area (Å²) in [4.78, 5) is 7.63. The Morgan fingerprint density at radius 1 is 0.389 bits per heavy atom. The molecule has 0 saturated heterocycles. The van der Waals surface area contributed by atoms with Crippen LogP contribution in [0.1, 0.15) is 0 Å². The Bertz CT molecular complexity index is 3160. The van der Waals surface area contributed by atoms with Crippen LogP contribution in [0.4, 0.5) is 17.1 Å². The van der Waals surface area contributed by atoms with Crippen molar-refractivity contribution in [2.45, 2.75) is 0 Å². The fourth-order valence-electron chi connectivity index (χ4n) is 7.81. The zero-order valence-electron chi connectivity index (χ0n) is 28.9. The van der Waals surface area contributed by atoms with Gasteiger partial charge in [-0.3, -0.25) is 0 Å². The van der Waals surface area contributed by atoms with Gasteiger partial charge in [-0.05, 0) is 65.2 Å². The van der Waals surface area contributed by atoms with Crippen LogP contribution >= 0.6 is 34.0 Å². The van der Waals surface area contributed by atoms with Crippen LogP contribution in [0, 0.1) is 0 Å². The smallest absolute Gasteiger partial charge is 0.124 e. The largest absolute Gasteiger partial charge is 0.310 e. The number of nitrogens with zero attached hydrogens (tertiary/aromatic N) is 2. The van der Waals surface area contributed by atoms with E-state index in [1.165, 1.54) is 67.3 Å². The van der Waals surface area contributed by atoms with E-state index in [9.17, 15) is 0 Å². The van der Waals surface area contributed by atoms with Crippen molar-refractivity contribution in [2.24, 2.45) is 0 Å². The molecule has 3 heterocycles. The molecule has 254 valence electrons. The van der Waals surface area contributed by atoms with Crippen LogP contribution in [0.15, 0.2) is 182 Å². The summed E-state index contributed by atoms with van der Waals surface area (Å²) >= 11 is 5.49. The molecule has 0 saturated carbocycles. The number of hydrogen-bond donors (Lipinski definition) is 0. The predicted molar refractivity (Wildman–Crippen MR) is 236 cm³/mol. The summed E-state index contributed by atoms with van der Waals surface area (Å²) in [6, 6.07) is 66.0. The molecule has 0 aliphatic carbocycles. The first kappa shape index (κ1) is 31.4. The van der Waals surface area contributed by atoms with E-state index in [4.69, 9.17) is 4.98 Å². The molecule has 0 aliphatic rings. The Kier molecular flexibility index (Phi) is 7.44. The molecular formula is C49H30N2S3. The first-order valence-electron chi connectivity index (χ1n) is 18.0. The zero-order valence-corrected chi connectivity index (χ0v) is 31.4. The minimum absolute atomic E-state index is 1.06. The molecule has 0 N–H and O–H groups in total. The lowest BCUT2D eigenvalue weighted by atomic mass is 10.00. The van der Waals surface area contributed by atoms with Crippen molar-refractivity contribution in [1.29, 1.82) is 0 Å². The number of anilines is 3. The van der Waals surface area contributed by atoms with Gasteiger partial charge in [-0.25, -0.2) is 4.98 Å². The van der Waals surface area contributed by atoms with E-state index in [2.05, 4.69) is 187 Å². The topological polar surface area (TPSA) is 16.1 Å². The Morgan fingerprint density at radius 3 is 1.91 bits per heavy atom. The first-order valence-corrected chi connectivity index (χ1v) is 20.5. The van der Waals surface area contributed by atoms with E-state index in [1.807, 2.05) is 22.7 Å². The Morgan fingerprint density at radius 2 is 1.06 bits per heavy atom. The van der Waals surface area contributed by atoms with E-state index in [0.29, 0.717) is 0 Å². The lowest BCUT2D eigenvalue weighted by Crippen LogP contribution is -2.11. The van der Waals surface area contributed by atoms with Crippen LogP contribution in [-0.4, -0.2) is 4.98 Å². The van der Waals surface area contributed by atoms with Gasteiger partial charge in [-0.1, -0.05) is 133 Å². The van der Waals surface area contributed by atoms with Crippen LogP contribution in [0.3, 0.4) is 0 Å². The minimum Gasteiger partial charge on any atom is -0.310 e. The lowest BCUT2D eigenvalue weighted by molar-refractivity contribution is 1.29. The minimum atomic E-state index is 1.06. The third kappa shape index (κ3) is 5.16. The highest BCUT2D eigenvalue weighted by molar-refractivity contribution is 7.27. The highest BCUT2D eigenvalue weighted by Gasteiger charge is 2.20. The maximum Gasteiger partial charge on any atom is 0.124 e. The number of fused-ring (bicyclic) bond motifs is 8. The molecule has 0 atom stereocenters. The van der Waals surface area contributed by atoms with E-state index < -0.39 is 0 Å². The molecule has 0 aliphatic heterocycles. The van der Waals surface area contributed by atoms with Gasteiger partial charge in [0.05, 0.1) is 15.9 Å². The molecule has 8 aromatic carbocycles. The summed E-state index contributed by atoms with van der Waals surface area (Å²) < 4.78 is 6.38. The van der Waals surface area contributed by atoms with Crippen molar-refractivity contribution >= 4 is 102 Å². The number of para-hydroxylation sites is 1. The average Bonchev–Trinajstić information content (AvgIpc) is 3.95. The molecule has 2 nitrogen and oxygen atoms in total. The van der Waals surface area contributed by atoms with Crippen LogP contribution in [0.5, 0.6) is 0 Å². The van der Waals surface area contributed by atoms with Gasteiger partial charge >= 0.3 is 0 Å². The third-order valence-corrected chi connectivity index (χ3v) is 13.7. The molecular weight excluding hydrogens is 713 g/mol. The van der Waals surface area contributed by atoms with Gasteiger partial charge < -0.3 is 4.90 Å². The van der Waals surface area contributed by atoms with Crippen molar-refractivity contribution in [3.05, 3.63) is 182 Å². The monoisotopic (exact) mass is 742 g/mol. The molecule has 5 heteroatoms. The van der Waals surface area contributed by atoms with Gasteiger partial charge in [0, 0.05) is 62.8 Å². The molecule has 3 aromatic heterocycles. The van der Waals surface area contributed by atoms with Crippen molar-refractivity contribution in [1.82, 2.24) is 4.98 Å². The predicted octanol–water partition coefficient (Wildman–Crippen LogP) is 15.5. The number of aromatic nitrogens is 1. The summed E-state index contributed by atoms with van der Waals surface area (Å²) in [5.41, 5.74) is 10.5. The van der Waals surface area contributed by atoms with Gasteiger partial charge in [-0.2, -0.15) is 0 Å². The normalized spacial score (nSPS) is 11.7. The van der Waals surface area contributed by atoms with E-state index >= 15 is 0 Å². The number of hydrogen-bond acceptors (Lipinski definition) is 5. The molecule has 0 unspecified atom stereocenters. The van der Waals surface area contributed by atoms with Gasteiger partial charge in [0.2, 0.25) is 0 Å². The molecule has 0 bridgehead atoms. The quantitative estimate of drug-likeness (QED) is 0.169. The highest BCUT2D eigenvalue weighted by atomic mass is 32.1. The van der Waals surface area contributed by atoms with Gasteiger partial charge in [-0.15, -0.1) is 34.0 Å². The molecule has 0 fully saturated rings. The number of rotatable bonds is 6. The van der Waals surface area contributed by atoms with Crippen LogP contribution in [0.2, 0.25) is 0 Å². The molecule has 54 heavy (non-hydrogen) atoms. The summed E-state index contributed by atoms with van der Waals surface area (Å²) in [5.74, 6) is 0. The first-order chi connectivity index (χ1) is 26.8. The number of benzene rings is 8. The van der Waals surface area contributed by atoms with E-state index in [1.54, 1.807) is 11.3 Å². The number of thiophene rings is 2. The molecule has 0 spiro atoms. The van der Waals surface area contributed by atoms with Crippen LogP contribution in [0.25, 0.3) is 83.4 Å². The molecule has 11 aromatic rings. The number of thiazole rings is 1. The van der Waals surface area contributed by atoms with Crippen LogP contribution in [-0.2, 0) is 0 Å². The summed E-state index contributed by atoms with van der Waals surface area (Å²) in [6.07, 6.45) is 0. The molecule has 0 radical (unpaired) electrons. The maximum atomic E-state index is 5.21. The fourth-order valence-corrected chi connectivity index (χ4v) is 11.2. The Balaban J connectivity index is 1.07. The van der Waals surface area contributed by atoms with Gasteiger partial charge in [0.15, 0.2) is 0 Å². The van der Waals surface area contributed by atoms with Crippen LogP contribution < -0.4 is 4.90 Å². The Hall–Kier alpha value is -6.11. The molecule has 0 amide bonds.